The first-order chi connectivity index (χ1) is 12.8. The van der Waals surface area contributed by atoms with Gasteiger partial charge in [-0.25, -0.2) is 0 Å². The van der Waals surface area contributed by atoms with E-state index in [2.05, 4.69) is 12.1 Å². The molecule has 1 saturated carbocycles. The Morgan fingerprint density at radius 3 is 2.65 bits per heavy atom. The zero-order valence-corrected chi connectivity index (χ0v) is 16.3. The van der Waals surface area contributed by atoms with Crippen LogP contribution in [0, 0.1) is 5.92 Å². The van der Waals surface area contributed by atoms with E-state index in [0.29, 0.717) is 6.61 Å². The SMILES string of the molecule is CCOc1cc2c(cc1OC)CCN(C=O)[C@H]2CCCC1CCCCC1. The Morgan fingerprint density at radius 1 is 1.15 bits per heavy atom. The van der Waals surface area contributed by atoms with Crippen LogP contribution in [0.4, 0.5) is 0 Å². The van der Waals surface area contributed by atoms with Crippen molar-refractivity contribution in [2.45, 2.75) is 70.8 Å². The van der Waals surface area contributed by atoms with Gasteiger partial charge in [-0.2, -0.15) is 0 Å². The lowest BCUT2D eigenvalue weighted by Gasteiger charge is -2.36. The van der Waals surface area contributed by atoms with Crippen LogP contribution in [0.15, 0.2) is 12.1 Å². The Hall–Kier alpha value is -1.71. The number of methoxy groups -OCH3 is 1. The predicted octanol–water partition coefficient (Wildman–Crippen LogP) is 4.90. The quantitative estimate of drug-likeness (QED) is 0.620. The minimum atomic E-state index is 0.171. The summed E-state index contributed by atoms with van der Waals surface area (Å²) >= 11 is 0. The average molecular weight is 360 g/mol. The van der Waals surface area contributed by atoms with Crippen molar-refractivity contribution in [1.82, 2.24) is 4.90 Å². The minimum absolute atomic E-state index is 0.171. The van der Waals surface area contributed by atoms with E-state index < -0.39 is 0 Å². The van der Waals surface area contributed by atoms with Gasteiger partial charge in [-0.1, -0.05) is 44.9 Å². The summed E-state index contributed by atoms with van der Waals surface area (Å²) in [7, 11) is 1.69. The fraction of sp³-hybridized carbons (Fsp3) is 0.682. The van der Waals surface area contributed by atoms with Gasteiger partial charge in [-0.3, -0.25) is 4.79 Å². The van der Waals surface area contributed by atoms with E-state index in [1.165, 1.54) is 56.1 Å². The Labute approximate surface area is 157 Å². The number of carbonyl (C=O) groups excluding carboxylic acids is 1. The lowest BCUT2D eigenvalue weighted by molar-refractivity contribution is -0.120. The van der Waals surface area contributed by atoms with Gasteiger partial charge in [-0.05, 0) is 48.9 Å². The highest BCUT2D eigenvalue weighted by molar-refractivity contribution is 5.55. The number of hydrogen-bond acceptors (Lipinski definition) is 3. The highest BCUT2D eigenvalue weighted by Gasteiger charge is 2.28. The molecule has 0 aromatic heterocycles. The molecule has 1 atom stereocenters. The van der Waals surface area contributed by atoms with Crippen LogP contribution >= 0.6 is 0 Å². The number of nitrogens with zero attached hydrogens (tertiary/aromatic N) is 1. The monoisotopic (exact) mass is 359 g/mol. The summed E-state index contributed by atoms with van der Waals surface area (Å²) in [6, 6.07) is 4.39. The lowest BCUT2D eigenvalue weighted by Crippen LogP contribution is -2.34. The molecule has 0 bridgehead atoms. The van der Waals surface area contributed by atoms with Crippen molar-refractivity contribution in [3.8, 4) is 11.5 Å². The van der Waals surface area contributed by atoms with Crippen molar-refractivity contribution in [2.75, 3.05) is 20.3 Å². The maximum absolute atomic E-state index is 11.6. The van der Waals surface area contributed by atoms with Crippen molar-refractivity contribution < 1.29 is 14.3 Å². The minimum Gasteiger partial charge on any atom is -0.493 e. The van der Waals surface area contributed by atoms with Gasteiger partial charge in [0.25, 0.3) is 0 Å². The van der Waals surface area contributed by atoms with Crippen LogP contribution in [0.25, 0.3) is 0 Å². The van der Waals surface area contributed by atoms with Crippen molar-refractivity contribution >= 4 is 6.41 Å². The highest BCUT2D eigenvalue weighted by atomic mass is 16.5. The molecule has 1 aromatic carbocycles. The first kappa shape index (κ1) is 19.1. The normalized spacial score (nSPS) is 20.5. The number of amides is 1. The van der Waals surface area contributed by atoms with Crippen LogP contribution in [-0.2, 0) is 11.2 Å². The van der Waals surface area contributed by atoms with Crippen LogP contribution in [0.2, 0.25) is 0 Å². The van der Waals surface area contributed by atoms with Gasteiger partial charge in [0.05, 0.1) is 19.8 Å². The third-order valence-corrected chi connectivity index (χ3v) is 6.07. The topological polar surface area (TPSA) is 38.8 Å². The molecule has 1 heterocycles. The van der Waals surface area contributed by atoms with Crippen molar-refractivity contribution in [3.05, 3.63) is 23.3 Å². The number of hydrogen-bond donors (Lipinski definition) is 0. The van der Waals surface area contributed by atoms with Gasteiger partial charge in [0.15, 0.2) is 11.5 Å². The summed E-state index contributed by atoms with van der Waals surface area (Å²) in [6.45, 7) is 3.39. The second-order valence-electron chi connectivity index (χ2n) is 7.68. The molecular weight excluding hydrogens is 326 g/mol. The summed E-state index contributed by atoms with van der Waals surface area (Å²) in [5.41, 5.74) is 2.54. The molecular formula is C22H33NO3. The van der Waals surface area contributed by atoms with Crippen LogP contribution in [0.1, 0.15) is 75.5 Å². The molecule has 3 rings (SSSR count). The number of carbonyl (C=O) groups is 1. The number of fused-ring (bicyclic) bond motifs is 1. The van der Waals surface area contributed by atoms with Crippen LogP contribution in [0.3, 0.4) is 0 Å². The van der Waals surface area contributed by atoms with Gasteiger partial charge in [0, 0.05) is 6.54 Å². The van der Waals surface area contributed by atoms with E-state index in [4.69, 9.17) is 9.47 Å². The predicted molar refractivity (Wildman–Crippen MR) is 104 cm³/mol. The molecule has 4 heteroatoms. The second-order valence-corrected chi connectivity index (χ2v) is 7.68. The largest absolute Gasteiger partial charge is 0.493 e. The standard InChI is InChI=1S/C22H33NO3/c1-3-26-22-15-19-18(14-21(22)25-2)12-13-23(16-24)20(19)11-7-10-17-8-5-4-6-9-17/h14-17,20H,3-13H2,1-2H3/t20-/m0/s1. The first-order valence-electron chi connectivity index (χ1n) is 10.3. The maximum atomic E-state index is 11.6. The van der Waals surface area contributed by atoms with Gasteiger partial charge in [-0.15, -0.1) is 0 Å². The van der Waals surface area contributed by atoms with E-state index in [1.807, 2.05) is 11.8 Å². The summed E-state index contributed by atoms with van der Waals surface area (Å²) in [4.78, 5) is 13.6. The van der Waals surface area contributed by atoms with E-state index >= 15 is 0 Å². The lowest BCUT2D eigenvalue weighted by atomic mass is 9.84. The molecule has 1 aliphatic carbocycles. The molecule has 26 heavy (non-hydrogen) atoms. The van der Waals surface area contributed by atoms with Crippen molar-refractivity contribution in [2.24, 2.45) is 5.92 Å². The Kier molecular flexibility index (Phi) is 6.81. The third kappa shape index (κ3) is 4.33. The van der Waals surface area contributed by atoms with E-state index in [0.717, 1.165) is 43.2 Å². The molecule has 1 fully saturated rings. The smallest absolute Gasteiger partial charge is 0.210 e. The Morgan fingerprint density at radius 2 is 1.96 bits per heavy atom. The Bertz CT molecular complexity index is 595. The summed E-state index contributed by atoms with van der Waals surface area (Å²) in [5, 5.41) is 0. The van der Waals surface area contributed by atoms with Crippen LogP contribution in [-0.4, -0.2) is 31.6 Å². The number of ether oxygens (including phenoxy) is 2. The number of rotatable bonds is 8. The first-order valence-corrected chi connectivity index (χ1v) is 10.3. The zero-order chi connectivity index (χ0) is 18.4. The van der Waals surface area contributed by atoms with E-state index in [1.54, 1.807) is 7.11 Å². The number of benzene rings is 1. The van der Waals surface area contributed by atoms with Gasteiger partial charge in [0.1, 0.15) is 0 Å². The molecule has 1 amide bonds. The second kappa shape index (κ2) is 9.29. The van der Waals surface area contributed by atoms with Crippen molar-refractivity contribution in [3.63, 3.8) is 0 Å². The molecule has 0 unspecified atom stereocenters. The summed E-state index contributed by atoms with van der Waals surface area (Å²) in [6.07, 6.45) is 12.4. The molecule has 0 saturated heterocycles. The van der Waals surface area contributed by atoms with E-state index in [9.17, 15) is 4.79 Å². The van der Waals surface area contributed by atoms with Crippen LogP contribution < -0.4 is 9.47 Å². The van der Waals surface area contributed by atoms with Gasteiger partial charge in [0.2, 0.25) is 6.41 Å². The van der Waals surface area contributed by atoms with Crippen LogP contribution in [0.5, 0.6) is 11.5 Å². The molecule has 1 aliphatic heterocycles. The molecule has 1 aromatic rings. The summed E-state index contributed by atoms with van der Waals surface area (Å²) in [5.74, 6) is 2.48. The average Bonchev–Trinajstić information content (AvgIpc) is 2.68. The van der Waals surface area contributed by atoms with Gasteiger partial charge >= 0.3 is 0 Å². The fourth-order valence-corrected chi connectivity index (χ4v) is 4.68. The molecule has 0 spiro atoms. The maximum Gasteiger partial charge on any atom is 0.210 e. The zero-order valence-electron chi connectivity index (χ0n) is 16.3. The van der Waals surface area contributed by atoms with E-state index in [-0.39, 0.29) is 6.04 Å². The van der Waals surface area contributed by atoms with Gasteiger partial charge < -0.3 is 14.4 Å². The van der Waals surface area contributed by atoms with Crippen molar-refractivity contribution in [1.29, 1.82) is 0 Å². The fourth-order valence-electron chi connectivity index (χ4n) is 4.68. The highest BCUT2D eigenvalue weighted by Crippen LogP contribution is 2.40. The molecule has 0 radical (unpaired) electrons. The molecule has 144 valence electrons. The molecule has 2 aliphatic rings. The third-order valence-electron chi connectivity index (χ3n) is 6.07. The Balaban J connectivity index is 1.74. The molecule has 4 nitrogen and oxygen atoms in total. The molecule has 0 N–H and O–H groups in total. The summed E-state index contributed by atoms with van der Waals surface area (Å²) < 4.78 is 11.3.